The predicted octanol–water partition coefficient (Wildman–Crippen LogP) is 3.76. The molecular formula is C16H17ClF2N4O. The average Bonchev–Trinajstić information content (AvgIpc) is 3.24. The molecule has 0 saturated heterocycles. The van der Waals surface area contributed by atoms with Crippen molar-refractivity contribution >= 4 is 12.4 Å². The van der Waals surface area contributed by atoms with Gasteiger partial charge in [-0.2, -0.15) is 0 Å². The predicted molar refractivity (Wildman–Crippen MR) is 87.0 cm³/mol. The fourth-order valence-electron chi connectivity index (χ4n) is 2.32. The highest BCUT2D eigenvalue weighted by atomic mass is 35.5. The summed E-state index contributed by atoms with van der Waals surface area (Å²) in [6.07, 6.45) is 2.69. The summed E-state index contributed by atoms with van der Waals surface area (Å²) in [4.78, 5) is 4.03. The lowest BCUT2D eigenvalue weighted by Gasteiger charge is -2.19. The van der Waals surface area contributed by atoms with Crippen LogP contribution in [0, 0.1) is 0 Å². The monoisotopic (exact) mass is 354 g/mol. The number of benzene rings is 1. The van der Waals surface area contributed by atoms with Crippen molar-refractivity contribution in [1.82, 2.24) is 20.0 Å². The molecule has 0 bridgehead atoms. The van der Waals surface area contributed by atoms with Gasteiger partial charge < -0.3 is 14.4 Å². The van der Waals surface area contributed by atoms with Crippen molar-refractivity contribution in [2.24, 2.45) is 0 Å². The molecule has 8 heteroatoms. The van der Waals surface area contributed by atoms with Gasteiger partial charge in [0.25, 0.3) is 6.43 Å². The highest BCUT2D eigenvalue weighted by Gasteiger charge is 2.16. The maximum atomic E-state index is 12.5. The van der Waals surface area contributed by atoms with Crippen LogP contribution >= 0.6 is 12.4 Å². The van der Waals surface area contributed by atoms with Gasteiger partial charge in [-0.05, 0) is 5.56 Å². The van der Waals surface area contributed by atoms with E-state index in [1.165, 1.54) is 6.07 Å². The van der Waals surface area contributed by atoms with Gasteiger partial charge in [-0.3, -0.25) is 0 Å². The quantitative estimate of drug-likeness (QED) is 0.702. The van der Waals surface area contributed by atoms with Crippen LogP contribution in [0.5, 0.6) is 0 Å². The average molecular weight is 355 g/mol. The first-order valence-electron chi connectivity index (χ1n) is 7.20. The van der Waals surface area contributed by atoms with Gasteiger partial charge in [0.05, 0.1) is 18.1 Å². The Bertz CT molecular complexity index is 719. The number of aromatic nitrogens is 3. The first-order valence-corrected chi connectivity index (χ1v) is 7.20. The molecule has 0 amide bonds. The lowest BCUT2D eigenvalue weighted by molar-refractivity contribution is 0.112. The molecule has 0 aliphatic carbocycles. The zero-order valence-electron chi connectivity index (χ0n) is 12.7. The van der Waals surface area contributed by atoms with Crippen molar-refractivity contribution in [2.75, 3.05) is 0 Å². The molecule has 0 aliphatic rings. The van der Waals surface area contributed by atoms with Gasteiger partial charge in [0.15, 0.2) is 0 Å². The van der Waals surface area contributed by atoms with Crippen LogP contribution in [0.15, 0.2) is 59.6 Å². The maximum Gasteiger partial charge on any atom is 0.298 e. The van der Waals surface area contributed by atoms with E-state index in [2.05, 4.69) is 20.0 Å². The summed E-state index contributed by atoms with van der Waals surface area (Å²) in [5.41, 5.74) is 1.55. The smallest absolute Gasteiger partial charge is 0.298 e. The molecule has 128 valence electrons. The number of nitrogens with zero attached hydrogens (tertiary/aromatic N) is 3. The maximum absolute atomic E-state index is 12.5. The molecular weight excluding hydrogens is 338 g/mol. The normalized spacial score (nSPS) is 12.1. The minimum absolute atomic E-state index is 0. The third-order valence-corrected chi connectivity index (χ3v) is 3.48. The van der Waals surface area contributed by atoms with Crippen LogP contribution in [0.3, 0.4) is 0 Å². The molecule has 1 aromatic carbocycles. The summed E-state index contributed by atoms with van der Waals surface area (Å²) in [7, 11) is 0. The minimum atomic E-state index is -2.65. The number of halogens is 3. The summed E-state index contributed by atoms with van der Waals surface area (Å²) < 4.78 is 31.6. The molecule has 0 fully saturated rings. The van der Waals surface area contributed by atoms with Crippen LogP contribution in [0.4, 0.5) is 8.78 Å². The number of nitrogens with one attached hydrogen (secondary N) is 1. The number of imidazole rings is 1. The van der Waals surface area contributed by atoms with Gasteiger partial charge in [0, 0.05) is 31.5 Å². The van der Waals surface area contributed by atoms with E-state index in [1.54, 1.807) is 12.5 Å². The van der Waals surface area contributed by atoms with E-state index in [0.29, 0.717) is 18.8 Å². The molecule has 3 rings (SSSR count). The Balaban J connectivity index is 0.00000208. The van der Waals surface area contributed by atoms with Gasteiger partial charge in [0.2, 0.25) is 5.76 Å². The summed E-state index contributed by atoms with van der Waals surface area (Å²) in [5, 5.41) is 6.99. The van der Waals surface area contributed by atoms with Crippen LogP contribution in [-0.4, -0.2) is 14.7 Å². The third-order valence-electron chi connectivity index (χ3n) is 3.48. The summed E-state index contributed by atoms with van der Waals surface area (Å²) in [6.45, 7) is 1.01. The van der Waals surface area contributed by atoms with Crippen LogP contribution in [0.1, 0.15) is 29.5 Å². The second-order valence-electron chi connectivity index (χ2n) is 5.12. The van der Waals surface area contributed by atoms with E-state index in [0.717, 1.165) is 5.56 Å². The number of rotatable bonds is 7. The zero-order chi connectivity index (χ0) is 16.1. The van der Waals surface area contributed by atoms with Crippen molar-refractivity contribution in [1.29, 1.82) is 0 Å². The Morgan fingerprint density at radius 1 is 1.21 bits per heavy atom. The van der Waals surface area contributed by atoms with E-state index >= 15 is 0 Å². The summed E-state index contributed by atoms with van der Waals surface area (Å²) in [5.74, 6) is -0.410. The van der Waals surface area contributed by atoms with Gasteiger partial charge in [-0.1, -0.05) is 35.5 Å². The first kappa shape index (κ1) is 18.1. The second kappa shape index (κ2) is 8.56. The van der Waals surface area contributed by atoms with Crippen molar-refractivity contribution in [2.45, 2.75) is 25.6 Å². The number of alkyl halides is 2. The van der Waals surface area contributed by atoms with Crippen LogP contribution in [-0.2, 0) is 13.1 Å². The fourth-order valence-corrected chi connectivity index (χ4v) is 2.32. The summed E-state index contributed by atoms with van der Waals surface area (Å²) in [6, 6.07) is 11.2. The molecule has 5 nitrogen and oxygen atoms in total. The van der Waals surface area contributed by atoms with E-state index in [4.69, 9.17) is 0 Å². The summed E-state index contributed by atoms with van der Waals surface area (Å²) >= 11 is 0. The van der Waals surface area contributed by atoms with E-state index in [-0.39, 0.29) is 18.4 Å². The lowest BCUT2D eigenvalue weighted by atomic mass is 10.1. The molecule has 0 radical (unpaired) electrons. The molecule has 2 aromatic heterocycles. The highest BCUT2D eigenvalue weighted by molar-refractivity contribution is 5.85. The van der Waals surface area contributed by atoms with E-state index in [1.807, 2.05) is 41.1 Å². The Kier molecular flexibility index (Phi) is 6.45. The SMILES string of the molecule is Cl.FC(F)c1cc(CNC(Cn2ccnc2)c2ccccc2)no1. The number of hydrogen-bond donors (Lipinski definition) is 1. The molecule has 0 aliphatic heterocycles. The molecule has 1 atom stereocenters. The molecule has 3 aromatic rings. The Labute approximate surface area is 144 Å². The van der Waals surface area contributed by atoms with Crippen molar-refractivity contribution in [3.05, 3.63) is 72.1 Å². The molecule has 0 spiro atoms. The van der Waals surface area contributed by atoms with Crippen LogP contribution in [0.25, 0.3) is 0 Å². The van der Waals surface area contributed by atoms with Crippen molar-refractivity contribution < 1.29 is 13.3 Å². The minimum Gasteiger partial charge on any atom is -0.355 e. The third kappa shape index (κ3) is 4.62. The van der Waals surface area contributed by atoms with Gasteiger partial charge in [-0.15, -0.1) is 12.4 Å². The fraction of sp³-hybridized carbons (Fsp3) is 0.250. The van der Waals surface area contributed by atoms with E-state index < -0.39 is 12.2 Å². The number of hydrogen-bond acceptors (Lipinski definition) is 4. The van der Waals surface area contributed by atoms with Crippen molar-refractivity contribution in [3.8, 4) is 0 Å². The standard InChI is InChI=1S/C16H16F2N4O.ClH/c17-16(18)15-8-13(21-23-15)9-20-14(10-22-7-6-19-11-22)12-4-2-1-3-5-12;/h1-8,11,14,16,20H,9-10H2;1H. The molecule has 1 N–H and O–H groups in total. The Hall–Kier alpha value is -2.25. The lowest BCUT2D eigenvalue weighted by Crippen LogP contribution is -2.25. The molecule has 1 unspecified atom stereocenters. The van der Waals surface area contributed by atoms with Crippen molar-refractivity contribution in [3.63, 3.8) is 0 Å². The highest BCUT2D eigenvalue weighted by Crippen LogP contribution is 2.20. The molecule has 24 heavy (non-hydrogen) atoms. The van der Waals surface area contributed by atoms with Crippen LogP contribution < -0.4 is 5.32 Å². The molecule has 2 heterocycles. The van der Waals surface area contributed by atoms with E-state index in [9.17, 15) is 8.78 Å². The largest absolute Gasteiger partial charge is 0.355 e. The Morgan fingerprint density at radius 2 is 2.00 bits per heavy atom. The zero-order valence-corrected chi connectivity index (χ0v) is 13.5. The Morgan fingerprint density at radius 3 is 2.62 bits per heavy atom. The van der Waals surface area contributed by atoms with Gasteiger partial charge >= 0.3 is 0 Å². The van der Waals surface area contributed by atoms with Gasteiger partial charge in [-0.25, -0.2) is 13.8 Å². The first-order chi connectivity index (χ1) is 11.2. The van der Waals surface area contributed by atoms with Gasteiger partial charge in [0.1, 0.15) is 0 Å². The topological polar surface area (TPSA) is 55.9 Å². The molecule has 0 saturated carbocycles. The van der Waals surface area contributed by atoms with Crippen LogP contribution in [0.2, 0.25) is 0 Å². The second-order valence-corrected chi connectivity index (χ2v) is 5.12.